The van der Waals surface area contributed by atoms with Crippen molar-refractivity contribution in [1.29, 1.82) is 0 Å². The average Bonchev–Trinajstić information content (AvgIpc) is 3.53. The second-order valence-corrected chi connectivity index (χ2v) is 8.33. The third-order valence-corrected chi connectivity index (χ3v) is 5.51. The number of aromatic nitrogens is 2. The second kappa shape index (κ2) is 9.16. The zero-order valence-corrected chi connectivity index (χ0v) is 19.5. The topological polar surface area (TPSA) is 123 Å². The van der Waals surface area contributed by atoms with Gasteiger partial charge in [-0.25, -0.2) is 4.90 Å². The lowest BCUT2D eigenvalue weighted by Gasteiger charge is -2.19. The van der Waals surface area contributed by atoms with Crippen molar-refractivity contribution in [3.05, 3.63) is 54.4 Å². The molecule has 180 valence electrons. The van der Waals surface area contributed by atoms with E-state index in [-0.39, 0.29) is 18.5 Å². The molecule has 1 saturated heterocycles. The fraction of sp³-hybridized carbons (Fsp3) is 0.333. The molecule has 11 heteroatoms. The molecule has 1 fully saturated rings. The zero-order valence-electron chi connectivity index (χ0n) is 19.5. The molecule has 11 nitrogen and oxygen atoms in total. The van der Waals surface area contributed by atoms with E-state index in [1.807, 2.05) is 45.0 Å². The predicted octanol–water partition coefficient (Wildman–Crippen LogP) is 3.42. The zero-order chi connectivity index (χ0) is 24.5. The lowest BCUT2D eigenvalue weighted by Crippen LogP contribution is -2.39. The van der Waals surface area contributed by atoms with Crippen molar-refractivity contribution in [2.45, 2.75) is 45.5 Å². The van der Waals surface area contributed by atoms with Crippen LogP contribution in [0.5, 0.6) is 11.5 Å². The van der Waals surface area contributed by atoms with Crippen molar-refractivity contribution >= 4 is 17.5 Å². The van der Waals surface area contributed by atoms with E-state index in [4.69, 9.17) is 14.0 Å². The summed E-state index contributed by atoms with van der Waals surface area (Å²) in [6.07, 6.45) is 0.0756. The van der Waals surface area contributed by atoms with Gasteiger partial charge in [0.25, 0.3) is 11.8 Å². The van der Waals surface area contributed by atoms with E-state index in [2.05, 4.69) is 20.5 Å². The molecule has 0 unspecified atom stereocenters. The van der Waals surface area contributed by atoms with Gasteiger partial charge in [0, 0.05) is 5.56 Å². The Bertz CT molecular complexity index is 1250. The molecular weight excluding hydrogens is 452 g/mol. The normalized spacial score (nSPS) is 19.1. The Hall–Kier alpha value is -4.28. The van der Waals surface area contributed by atoms with Gasteiger partial charge in [0.05, 0.1) is 18.4 Å². The minimum Gasteiger partial charge on any atom is -0.494 e. The highest BCUT2D eigenvalue weighted by atomic mass is 16.5. The van der Waals surface area contributed by atoms with E-state index < -0.39 is 23.9 Å². The summed E-state index contributed by atoms with van der Waals surface area (Å²) in [5.74, 6) is 1.22. The van der Waals surface area contributed by atoms with E-state index in [1.165, 1.54) is 5.01 Å². The van der Waals surface area contributed by atoms with Gasteiger partial charge in [-0.3, -0.25) is 14.6 Å². The smallest absolute Gasteiger partial charge is 0.263 e. The lowest BCUT2D eigenvalue weighted by molar-refractivity contribution is -0.123. The van der Waals surface area contributed by atoms with Gasteiger partial charge in [-0.15, -0.1) is 0 Å². The van der Waals surface area contributed by atoms with Crippen LogP contribution >= 0.6 is 0 Å². The van der Waals surface area contributed by atoms with E-state index in [9.17, 15) is 9.59 Å². The lowest BCUT2D eigenvalue weighted by atomic mass is 10.1. The fourth-order valence-electron chi connectivity index (χ4n) is 4.00. The van der Waals surface area contributed by atoms with Gasteiger partial charge >= 0.3 is 0 Å². The molecule has 2 aliphatic heterocycles. The molecule has 35 heavy (non-hydrogen) atoms. The van der Waals surface area contributed by atoms with E-state index in [1.54, 1.807) is 24.3 Å². The number of fused-ring (bicyclic) bond motifs is 1. The van der Waals surface area contributed by atoms with Gasteiger partial charge in [-0.05, 0) is 69.3 Å². The predicted molar refractivity (Wildman–Crippen MR) is 124 cm³/mol. The molecule has 0 bridgehead atoms. The summed E-state index contributed by atoms with van der Waals surface area (Å²) in [6.45, 7) is 6.37. The van der Waals surface area contributed by atoms with Crippen molar-refractivity contribution < 1.29 is 23.6 Å². The Morgan fingerprint density at radius 2 is 1.71 bits per heavy atom. The van der Waals surface area contributed by atoms with Crippen LogP contribution in [0.15, 0.2) is 63.4 Å². The molecule has 2 aromatic carbocycles. The number of hydrogen-bond acceptors (Lipinski definition) is 10. The van der Waals surface area contributed by atoms with Crippen molar-refractivity contribution in [3.8, 4) is 22.9 Å². The highest BCUT2D eigenvalue weighted by Gasteiger charge is 2.55. The molecule has 2 atom stereocenters. The first-order valence-corrected chi connectivity index (χ1v) is 11.3. The Labute approximate surface area is 201 Å². The van der Waals surface area contributed by atoms with Crippen LogP contribution in [0.1, 0.15) is 26.7 Å². The number of carbonyl (C=O) groups excluding carboxylic acids is 2. The Morgan fingerprint density at radius 1 is 1.00 bits per heavy atom. The highest BCUT2D eigenvalue weighted by Crippen LogP contribution is 2.33. The highest BCUT2D eigenvalue weighted by molar-refractivity contribution is 6.25. The minimum atomic E-state index is -0.912. The molecule has 1 aromatic heterocycles. The van der Waals surface area contributed by atoms with Crippen LogP contribution in [0.4, 0.5) is 5.69 Å². The van der Waals surface area contributed by atoms with Crippen molar-refractivity contribution in [3.63, 3.8) is 0 Å². The van der Waals surface area contributed by atoms with Crippen LogP contribution in [0.3, 0.4) is 0 Å². The number of amides is 2. The van der Waals surface area contributed by atoms with Gasteiger partial charge in [-0.1, -0.05) is 10.4 Å². The minimum absolute atomic E-state index is 0.0440. The largest absolute Gasteiger partial charge is 0.494 e. The van der Waals surface area contributed by atoms with Gasteiger partial charge in [-0.2, -0.15) is 10.1 Å². The van der Waals surface area contributed by atoms with Gasteiger partial charge < -0.3 is 14.0 Å². The Balaban J connectivity index is 1.29. The number of rotatable bonds is 8. The molecule has 3 aromatic rings. The van der Waals surface area contributed by atoms with Crippen LogP contribution in [0, 0.1) is 0 Å². The van der Waals surface area contributed by atoms with Crippen molar-refractivity contribution in [2.24, 2.45) is 10.3 Å². The SMILES string of the molecule is CCOc1ccc(N2C(=O)[C@H]3N=NN(Cc4nc(-c5ccc(OC(C)C)cc5)no4)[C@H]3C2=O)cc1. The third-order valence-electron chi connectivity index (χ3n) is 5.51. The molecule has 0 aliphatic carbocycles. The second-order valence-electron chi connectivity index (χ2n) is 8.33. The molecule has 2 amide bonds. The number of imide groups is 1. The third kappa shape index (κ3) is 4.32. The van der Waals surface area contributed by atoms with Crippen LogP contribution in [0.25, 0.3) is 11.4 Å². The molecule has 0 saturated carbocycles. The number of nitrogens with zero attached hydrogens (tertiary/aromatic N) is 6. The molecule has 5 rings (SSSR count). The Kier molecular flexibility index (Phi) is 5.89. The standard InChI is InChI=1S/C24H24N6O5/c1-4-33-17-11-7-16(8-12-17)30-23(31)20-21(24(30)32)29(28-26-20)13-19-25-22(27-35-19)15-5-9-18(10-6-15)34-14(2)3/h5-12,14,20-21H,4,13H2,1-3H3/t20-,21+/m0/s1. The maximum absolute atomic E-state index is 13.2. The van der Waals surface area contributed by atoms with Crippen LogP contribution < -0.4 is 14.4 Å². The first-order valence-electron chi connectivity index (χ1n) is 11.3. The number of carbonyl (C=O) groups is 2. The fourth-order valence-corrected chi connectivity index (χ4v) is 4.00. The molecule has 0 spiro atoms. The summed E-state index contributed by atoms with van der Waals surface area (Å²) >= 11 is 0. The number of benzene rings is 2. The molecule has 0 radical (unpaired) electrons. The summed E-state index contributed by atoms with van der Waals surface area (Å²) in [7, 11) is 0. The van der Waals surface area contributed by atoms with Crippen LogP contribution in [-0.2, 0) is 16.1 Å². The van der Waals surface area contributed by atoms with E-state index in [0.717, 1.165) is 16.2 Å². The number of ether oxygens (including phenoxy) is 2. The summed E-state index contributed by atoms with van der Waals surface area (Å²) in [4.78, 5) is 31.6. The summed E-state index contributed by atoms with van der Waals surface area (Å²) in [5.41, 5.74) is 1.21. The summed E-state index contributed by atoms with van der Waals surface area (Å²) < 4.78 is 16.5. The summed E-state index contributed by atoms with van der Waals surface area (Å²) in [5, 5.41) is 13.5. The van der Waals surface area contributed by atoms with Crippen LogP contribution in [0.2, 0.25) is 0 Å². The summed E-state index contributed by atoms with van der Waals surface area (Å²) in [6, 6.07) is 12.4. The maximum atomic E-state index is 13.2. The molecule has 3 heterocycles. The van der Waals surface area contributed by atoms with Crippen molar-refractivity contribution in [1.82, 2.24) is 15.1 Å². The Morgan fingerprint density at radius 3 is 2.40 bits per heavy atom. The van der Waals surface area contributed by atoms with Gasteiger partial charge in [0.15, 0.2) is 12.1 Å². The monoisotopic (exact) mass is 476 g/mol. The van der Waals surface area contributed by atoms with E-state index in [0.29, 0.717) is 23.9 Å². The van der Waals surface area contributed by atoms with Gasteiger partial charge in [0.2, 0.25) is 11.7 Å². The number of hydrogen-bond donors (Lipinski definition) is 0. The first kappa shape index (κ1) is 22.5. The maximum Gasteiger partial charge on any atom is 0.263 e. The molecule has 2 aliphatic rings. The first-order chi connectivity index (χ1) is 16.9. The van der Waals surface area contributed by atoms with Crippen LogP contribution in [-0.4, -0.2) is 51.8 Å². The van der Waals surface area contributed by atoms with E-state index >= 15 is 0 Å². The number of anilines is 1. The van der Waals surface area contributed by atoms with Gasteiger partial charge in [0.1, 0.15) is 18.0 Å². The quantitative estimate of drug-likeness (QED) is 0.453. The van der Waals surface area contributed by atoms with Crippen molar-refractivity contribution in [2.75, 3.05) is 11.5 Å². The molecular formula is C24H24N6O5. The molecule has 0 N–H and O–H groups in total. The average molecular weight is 476 g/mol.